The number of primary amides is 1. The molecule has 0 atom stereocenters. The molecule has 0 aromatic carbocycles. The van der Waals surface area contributed by atoms with Crippen molar-refractivity contribution in [3.05, 3.63) is 0 Å². The van der Waals surface area contributed by atoms with E-state index in [-0.39, 0.29) is 25.3 Å². The van der Waals surface area contributed by atoms with Crippen LogP contribution in [0.3, 0.4) is 0 Å². The SMILES string of the molecule is NC(=O)NCC1CC(C(F)(F)F)C1. The first-order valence-electron chi connectivity index (χ1n) is 3.99. The van der Waals surface area contributed by atoms with Gasteiger partial charge in [0.15, 0.2) is 0 Å². The zero-order valence-electron chi connectivity index (χ0n) is 6.90. The molecule has 0 aromatic rings. The first kappa shape index (κ1) is 10.1. The molecular weight excluding hydrogens is 185 g/mol. The molecule has 3 nitrogen and oxygen atoms in total. The summed E-state index contributed by atoms with van der Waals surface area (Å²) in [6.45, 7) is 0.252. The molecule has 0 aliphatic heterocycles. The van der Waals surface area contributed by atoms with Gasteiger partial charge >= 0.3 is 12.2 Å². The molecule has 0 radical (unpaired) electrons. The fraction of sp³-hybridized carbons (Fsp3) is 0.857. The zero-order valence-corrected chi connectivity index (χ0v) is 6.90. The van der Waals surface area contributed by atoms with Gasteiger partial charge in [0.05, 0.1) is 5.92 Å². The van der Waals surface area contributed by atoms with Gasteiger partial charge in [-0.2, -0.15) is 13.2 Å². The Kier molecular flexibility index (Phi) is 2.68. The number of urea groups is 1. The van der Waals surface area contributed by atoms with Gasteiger partial charge < -0.3 is 11.1 Å². The summed E-state index contributed by atoms with van der Waals surface area (Å²) in [6.07, 6.45) is -3.88. The second kappa shape index (κ2) is 3.43. The molecule has 1 aliphatic carbocycles. The number of carbonyl (C=O) groups excluding carboxylic acids is 1. The Hall–Kier alpha value is -0.940. The third-order valence-corrected chi connectivity index (χ3v) is 2.26. The maximum Gasteiger partial charge on any atom is 0.391 e. The molecule has 0 saturated heterocycles. The Morgan fingerprint density at radius 3 is 2.38 bits per heavy atom. The largest absolute Gasteiger partial charge is 0.391 e. The predicted octanol–water partition coefficient (Wildman–Crippen LogP) is 1.24. The second-order valence-corrected chi connectivity index (χ2v) is 3.32. The summed E-state index contributed by atoms with van der Waals surface area (Å²) < 4.78 is 35.9. The molecule has 13 heavy (non-hydrogen) atoms. The van der Waals surface area contributed by atoms with Crippen molar-refractivity contribution < 1.29 is 18.0 Å². The normalized spacial score (nSPS) is 27.9. The van der Waals surface area contributed by atoms with Crippen LogP contribution in [0.2, 0.25) is 0 Å². The standard InChI is InChI=1S/C7H11F3N2O/c8-7(9,10)5-1-4(2-5)3-12-6(11)13/h4-5H,1-3H2,(H3,11,12,13). The van der Waals surface area contributed by atoms with Gasteiger partial charge in [-0.05, 0) is 18.8 Å². The van der Waals surface area contributed by atoms with Crippen LogP contribution in [0.4, 0.5) is 18.0 Å². The van der Waals surface area contributed by atoms with Gasteiger partial charge in [0.1, 0.15) is 0 Å². The van der Waals surface area contributed by atoms with Crippen LogP contribution in [0, 0.1) is 11.8 Å². The van der Waals surface area contributed by atoms with E-state index in [1.54, 1.807) is 0 Å². The molecule has 0 aromatic heterocycles. The number of alkyl halides is 3. The lowest BCUT2D eigenvalue weighted by atomic mass is 9.74. The van der Waals surface area contributed by atoms with E-state index in [1.165, 1.54) is 0 Å². The molecule has 0 unspecified atom stereocenters. The van der Waals surface area contributed by atoms with Gasteiger partial charge in [-0.25, -0.2) is 4.79 Å². The number of hydrogen-bond donors (Lipinski definition) is 2. The Balaban J connectivity index is 2.15. The Labute approximate surface area is 73.5 Å². The van der Waals surface area contributed by atoms with E-state index in [1.807, 2.05) is 0 Å². The number of nitrogens with two attached hydrogens (primary N) is 1. The lowest BCUT2D eigenvalue weighted by Gasteiger charge is -2.36. The molecule has 0 heterocycles. The third kappa shape index (κ3) is 2.78. The van der Waals surface area contributed by atoms with E-state index < -0.39 is 18.1 Å². The molecule has 3 N–H and O–H groups in total. The molecular formula is C7H11F3N2O. The lowest BCUT2D eigenvalue weighted by molar-refractivity contribution is -0.203. The van der Waals surface area contributed by atoms with E-state index in [2.05, 4.69) is 5.32 Å². The summed E-state index contributed by atoms with van der Waals surface area (Å²) in [6, 6.07) is -0.685. The van der Waals surface area contributed by atoms with Crippen molar-refractivity contribution in [1.29, 1.82) is 0 Å². The highest BCUT2D eigenvalue weighted by Gasteiger charge is 2.47. The number of hydrogen-bond acceptors (Lipinski definition) is 1. The van der Waals surface area contributed by atoms with Gasteiger partial charge in [-0.15, -0.1) is 0 Å². The number of carbonyl (C=O) groups is 1. The van der Waals surface area contributed by atoms with Crippen LogP contribution in [0.25, 0.3) is 0 Å². The monoisotopic (exact) mass is 196 g/mol. The molecule has 1 aliphatic rings. The van der Waals surface area contributed by atoms with Crippen molar-refractivity contribution in [3.8, 4) is 0 Å². The van der Waals surface area contributed by atoms with Gasteiger partial charge in [-0.3, -0.25) is 0 Å². The highest BCUT2D eigenvalue weighted by atomic mass is 19.4. The van der Waals surface area contributed by atoms with Crippen LogP contribution >= 0.6 is 0 Å². The van der Waals surface area contributed by atoms with Crippen molar-refractivity contribution in [2.24, 2.45) is 17.6 Å². The predicted molar refractivity (Wildman–Crippen MR) is 39.9 cm³/mol. The minimum Gasteiger partial charge on any atom is -0.352 e. The van der Waals surface area contributed by atoms with Crippen molar-refractivity contribution >= 4 is 6.03 Å². The molecule has 0 bridgehead atoms. The average molecular weight is 196 g/mol. The topological polar surface area (TPSA) is 55.1 Å². The van der Waals surface area contributed by atoms with E-state index in [0.717, 1.165) is 0 Å². The first-order valence-corrected chi connectivity index (χ1v) is 3.99. The smallest absolute Gasteiger partial charge is 0.352 e. The summed E-state index contributed by atoms with van der Waals surface area (Å²) >= 11 is 0. The highest BCUT2D eigenvalue weighted by molar-refractivity contribution is 5.71. The molecule has 0 spiro atoms. The summed E-state index contributed by atoms with van der Waals surface area (Å²) in [5, 5.41) is 2.29. The quantitative estimate of drug-likeness (QED) is 0.686. The highest BCUT2D eigenvalue weighted by Crippen LogP contribution is 2.44. The summed E-state index contributed by atoms with van der Waals surface area (Å²) in [4.78, 5) is 10.2. The van der Waals surface area contributed by atoms with Crippen LogP contribution < -0.4 is 11.1 Å². The fourth-order valence-electron chi connectivity index (χ4n) is 1.41. The van der Waals surface area contributed by atoms with Crippen molar-refractivity contribution in [2.75, 3.05) is 6.54 Å². The Morgan fingerprint density at radius 2 is 2.00 bits per heavy atom. The van der Waals surface area contributed by atoms with Gasteiger partial charge in [-0.1, -0.05) is 0 Å². The van der Waals surface area contributed by atoms with Crippen LogP contribution in [0.15, 0.2) is 0 Å². The minimum atomic E-state index is -4.08. The van der Waals surface area contributed by atoms with Crippen LogP contribution in [-0.4, -0.2) is 18.8 Å². The molecule has 2 amide bonds. The Bertz CT molecular complexity index is 198. The third-order valence-electron chi connectivity index (χ3n) is 2.26. The van der Waals surface area contributed by atoms with Crippen LogP contribution in [-0.2, 0) is 0 Å². The summed E-state index contributed by atoms with van der Waals surface area (Å²) in [5.41, 5.74) is 4.77. The number of nitrogens with one attached hydrogen (secondary N) is 1. The lowest BCUT2D eigenvalue weighted by Crippen LogP contribution is -2.42. The van der Waals surface area contributed by atoms with E-state index in [9.17, 15) is 18.0 Å². The zero-order chi connectivity index (χ0) is 10.1. The molecule has 76 valence electrons. The van der Waals surface area contributed by atoms with Crippen molar-refractivity contribution in [1.82, 2.24) is 5.32 Å². The van der Waals surface area contributed by atoms with E-state index >= 15 is 0 Å². The Morgan fingerprint density at radius 1 is 1.46 bits per heavy atom. The average Bonchev–Trinajstić information content (AvgIpc) is 1.79. The minimum absolute atomic E-state index is 0.0703. The molecule has 1 fully saturated rings. The molecule has 1 saturated carbocycles. The van der Waals surface area contributed by atoms with Gasteiger partial charge in [0.25, 0.3) is 0 Å². The van der Waals surface area contributed by atoms with Gasteiger partial charge in [0, 0.05) is 6.54 Å². The second-order valence-electron chi connectivity index (χ2n) is 3.32. The summed E-state index contributed by atoms with van der Waals surface area (Å²) in [7, 11) is 0. The number of amides is 2. The van der Waals surface area contributed by atoms with Crippen molar-refractivity contribution in [3.63, 3.8) is 0 Å². The number of halogens is 3. The maximum absolute atomic E-state index is 12.0. The fourth-order valence-corrected chi connectivity index (χ4v) is 1.41. The maximum atomic E-state index is 12.0. The molecule has 6 heteroatoms. The van der Waals surface area contributed by atoms with E-state index in [4.69, 9.17) is 5.73 Å². The first-order chi connectivity index (χ1) is 5.89. The molecule has 1 rings (SSSR count). The van der Waals surface area contributed by atoms with Gasteiger partial charge in [0.2, 0.25) is 0 Å². The number of rotatable bonds is 2. The summed E-state index contributed by atoms with van der Waals surface area (Å²) in [5.74, 6) is -1.26. The van der Waals surface area contributed by atoms with E-state index in [0.29, 0.717) is 0 Å². The van der Waals surface area contributed by atoms with Crippen LogP contribution in [0.5, 0.6) is 0 Å². The van der Waals surface area contributed by atoms with Crippen molar-refractivity contribution in [2.45, 2.75) is 19.0 Å². The van der Waals surface area contributed by atoms with Crippen LogP contribution in [0.1, 0.15) is 12.8 Å².